The Morgan fingerprint density at radius 3 is 2.28 bits per heavy atom. The minimum absolute atomic E-state index is 0.0331. The normalized spacial score (nSPS) is 12.6. The number of benzene rings is 2. The minimum Gasteiger partial charge on any atom is -0.345 e. The molecule has 4 nitrogen and oxygen atoms in total. The van der Waals surface area contributed by atoms with Gasteiger partial charge in [0.25, 0.3) is 5.91 Å². The number of nitrogens with one attached hydrogen (secondary N) is 1. The molecular weight excluding hydrogens is 334 g/mol. The van der Waals surface area contributed by atoms with Crippen molar-refractivity contribution in [2.45, 2.75) is 44.6 Å². The molecule has 0 spiro atoms. The Bertz CT molecular complexity index is 826. The molecule has 0 heterocycles. The lowest BCUT2D eigenvalue weighted by Gasteiger charge is -2.16. The van der Waals surface area contributed by atoms with Crippen LogP contribution in [-0.4, -0.2) is 20.1 Å². The molecule has 1 atom stereocenters. The van der Waals surface area contributed by atoms with Crippen molar-refractivity contribution in [3.8, 4) is 0 Å². The fraction of sp³-hybridized carbons (Fsp3) is 0.350. The summed E-state index contributed by atoms with van der Waals surface area (Å²) in [4.78, 5) is 12.7. The zero-order valence-corrected chi connectivity index (χ0v) is 15.8. The van der Waals surface area contributed by atoms with Crippen LogP contribution in [0.15, 0.2) is 53.4 Å². The van der Waals surface area contributed by atoms with Gasteiger partial charge in [0.2, 0.25) is 0 Å². The van der Waals surface area contributed by atoms with E-state index in [1.54, 1.807) is 18.2 Å². The van der Waals surface area contributed by atoms with E-state index in [1.165, 1.54) is 11.6 Å². The second-order valence-corrected chi connectivity index (χ2v) is 8.18. The van der Waals surface area contributed by atoms with Crippen LogP contribution in [0, 0.1) is 0 Å². The predicted molar refractivity (Wildman–Crippen MR) is 100 cm³/mol. The summed E-state index contributed by atoms with van der Waals surface area (Å²) in [5, 5.41) is 2.90. The smallest absolute Gasteiger partial charge is 0.253 e. The number of carbonyl (C=O) groups excluding carboxylic acids is 1. The molecule has 0 bridgehead atoms. The lowest BCUT2D eigenvalue weighted by molar-refractivity contribution is 0.0936. The molecule has 2 aromatic carbocycles. The van der Waals surface area contributed by atoms with E-state index >= 15 is 0 Å². The van der Waals surface area contributed by atoms with Crippen LogP contribution >= 0.6 is 0 Å². The van der Waals surface area contributed by atoms with Crippen molar-refractivity contribution in [3.63, 3.8) is 0 Å². The summed E-state index contributed by atoms with van der Waals surface area (Å²) in [7, 11) is -3.46. The van der Waals surface area contributed by atoms with Crippen LogP contribution in [0.2, 0.25) is 0 Å². The van der Waals surface area contributed by atoms with Gasteiger partial charge in [-0.25, -0.2) is 8.42 Å². The van der Waals surface area contributed by atoms with Crippen molar-refractivity contribution in [1.82, 2.24) is 5.32 Å². The van der Waals surface area contributed by atoms with E-state index in [2.05, 4.69) is 12.2 Å². The lowest BCUT2D eigenvalue weighted by Crippen LogP contribution is -2.28. The molecule has 0 fully saturated rings. The van der Waals surface area contributed by atoms with Gasteiger partial charge in [-0.2, -0.15) is 0 Å². The molecule has 5 heteroatoms. The first-order valence-corrected chi connectivity index (χ1v) is 10.3. The average molecular weight is 359 g/mol. The molecule has 0 saturated heterocycles. The van der Waals surface area contributed by atoms with Crippen LogP contribution < -0.4 is 5.32 Å². The number of amides is 1. The second kappa shape index (κ2) is 8.30. The standard InChI is InChI=1S/C20H25NO3S/c1-4-14-25(23,24)19-9-7-6-8-18(19)20(22)21-15(3)17-12-10-16(5-2)11-13-17/h6-13,15H,4-5,14H2,1-3H3,(H,21,22)/t15-/m1/s1. The number of aryl methyl sites for hydroxylation is 1. The number of hydrogen-bond donors (Lipinski definition) is 1. The summed E-state index contributed by atoms with van der Waals surface area (Å²) in [6.07, 6.45) is 1.47. The first-order chi connectivity index (χ1) is 11.9. The third kappa shape index (κ3) is 4.69. The first kappa shape index (κ1) is 19.2. The lowest BCUT2D eigenvalue weighted by atomic mass is 10.0. The minimum atomic E-state index is -3.46. The highest BCUT2D eigenvalue weighted by Gasteiger charge is 2.22. The van der Waals surface area contributed by atoms with Crippen LogP contribution in [0.4, 0.5) is 0 Å². The Morgan fingerprint density at radius 2 is 1.68 bits per heavy atom. The molecular formula is C20H25NO3S. The van der Waals surface area contributed by atoms with E-state index in [-0.39, 0.29) is 28.2 Å². The SMILES string of the molecule is CCCS(=O)(=O)c1ccccc1C(=O)N[C@H](C)c1ccc(CC)cc1. The first-order valence-electron chi connectivity index (χ1n) is 8.60. The summed E-state index contributed by atoms with van der Waals surface area (Å²) in [6.45, 7) is 5.79. The fourth-order valence-electron chi connectivity index (χ4n) is 2.70. The molecule has 0 radical (unpaired) electrons. The van der Waals surface area contributed by atoms with Gasteiger partial charge in [-0.15, -0.1) is 0 Å². The molecule has 2 rings (SSSR count). The van der Waals surface area contributed by atoms with Gasteiger partial charge in [0.15, 0.2) is 9.84 Å². The van der Waals surface area contributed by atoms with Crippen molar-refractivity contribution in [1.29, 1.82) is 0 Å². The Balaban J connectivity index is 2.23. The number of sulfone groups is 1. The fourth-order valence-corrected chi connectivity index (χ4v) is 4.24. The molecule has 25 heavy (non-hydrogen) atoms. The monoisotopic (exact) mass is 359 g/mol. The Morgan fingerprint density at radius 1 is 1.04 bits per heavy atom. The van der Waals surface area contributed by atoms with Gasteiger partial charge >= 0.3 is 0 Å². The molecule has 1 N–H and O–H groups in total. The second-order valence-electron chi connectivity index (χ2n) is 6.11. The molecule has 0 saturated carbocycles. The van der Waals surface area contributed by atoms with Crippen LogP contribution in [0.3, 0.4) is 0 Å². The summed E-state index contributed by atoms with van der Waals surface area (Å²) < 4.78 is 24.8. The average Bonchev–Trinajstić information content (AvgIpc) is 2.61. The quantitative estimate of drug-likeness (QED) is 0.815. The highest BCUT2D eigenvalue weighted by Crippen LogP contribution is 2.20. The highest BCUT2D eigenvalue weighted by molar-refractivity contribution is 7.91. The zero-order valence-electron chi connectivity index (χ0n) is 15.0. The predicted octanol–water partition coefficient (Wildman–Crippen LogP) is 3.92. The zero-order chi connectivity index (χ0) is 18.4. The van der Waals surface area contributed by atoms with Crippen LogP contribution in [0.1, 0.15) is 54.7 Å². The van der Waals surface area contributed by atoms with Crippen LogP contribution in [-0.2, 0) is 16.3 Å². The van der Waals surface area contributed by atoms with Gasteiger partial charge in [0.1, 0.15) is 0 Å². The summed E-state index contributed by atoms with van der Waals surface area (Å²) >= 11 is 0. The molecule has 134 valence electrons. The Kier molecular flexibility index (Phi) is 6.37. The third-order valence-electron chi connectivity index (χ3n) is 4.18. The molecule has 1 amide bonds. The summed E-state index contributed by atoms with van der Waals surface area (Å²) in [6, 6.07) is 14.2. The maximum absolute atomic E-state index is 12.6. The molecule has 0 aliphatic heterocycles. The van der Waals surface area contributed by atoms with E-state index in [0.717, 1.165) is 12.0 Å². The molecule has 2 aromatic rings. The van der Waals surface area contributed by atoms with Crippen molar-refractivity contribution >= 4 is 15.7 Å². The van der Waals surface area contributed by atoms with E-state index in [9.17, 15) is 13.2 Å². The van der Waals surface area contributed by atoms with E-state index < -0.39 is 9.84 Å². The number of carbonyl (C=O) groups is 1. The maximum Gasteiger partial charge on any atom is 0.253 e. The maximum atomic E-state index is 12.6. The van der Waals surface area contributed by atoms with Gasteiger partial charge in [0.05, 0.1) is 22.3 Å². The molecule has 0 unspecified atom stereocenters. The van der Waals surface area contributed by atoms with Gasteiger partial charge in [-0.05, 0) is 43.0 Å². The van der Waals surface area contributed by atoms with Crippen LogP contribution in [0.25, 0.3) is 0 Å². The van der Waals surface area contributed by atoms with Crippen molar-refractivity contribution < 1.29 is 13.2 Å². The van der Waals surface area contributed by atoms with E-state index in [0.29, 0.717) is 6.42 Å². The molecule has 0 aliphatic rings. The Labute approximate surface area is 150 Å². The van der Waals surface area contributed by atoms with Gasteiger partial charge in [-0.3, -0.25) is 4.79 Å². The molecule has 0 aromatic heterocycles. The van der Waals surface area contributed by atoms with Crippen molar-refractivity contribution in [2.75, 3.05) is 5.75 Å². The van der Waals surface area contributed by atoms with Crippen molar-refractivity contribution in [3.05, 3.63) is 65.2 Å². The van der Waals surface area contributed by atoms with Gasteiger partial charge in [-0.1, -0.05) is 50.2 Å². The molecule has 0 aliphatic carbocycles. The van der Waals surface area contributed by atoms with E-state index in [1.807, 2.05) is 38.1 Å². The number of hydrogen-bond acceptors (Lipinski definition) is 3. The van der Waals surface area contributed by atoms with Gasteiger partial charge in [0, 0.05) is 0 Å². The van der Waals surface area contributed by atoms with Crippen molar-refractivity contribution in [2.24, 2.45) is 0 Å². The van der Waals surface area contributed by atoms with Gasteiger partial charge < -0.3 is 5.32 Å². The third-order valence-corrected chi connectivity index (χ3v) is 6.15. The number of rotatable bonds is 7. The topological polar surface area (TPSA) is 63.2 Å². The Hall–Kier alpha value is -2.14. The summed E-state index contributed by atoms with van der Waals surface area (Å²) in [5.74, 6) is -0.340. The summed E-state index contributed by atoms with van der Waals surface area (Å²) in [5.41, 5.74) is 2.42. The highest BCUT2D eigenvalue weighted by atomic mass is 32.2. The van der Waals surface area contributed by atoms with E-state index in [4.69, 9.17) is 0 Å². The largest absolute Gasteiger partial charge is 0.345 e. The van der Waals surface area contributed by atoms with Crippen LogP contribution in [0.5, 0.6) is 0 Å².